The Kier molecular flexibility index (Phi) is 5.63. The third-order valence-electron chi connectivity index (χ3n) is 4.03. The fourth-order valence-corrected chi connectivity index (χ4v) is 2.69. The monoisotopic (exact) mass is 375 g/mol. The Morgan fingerprint density at radius 1 is 1.11 bits per heavy atom. The molecule has 8 heteroatoms. The minimum Gasteiger partial charge on any atom is -0.356 e. The second-order valence-corrected chi connectivity index (χ2v) is 6.00. The van der Waals surface area contributed by atoms with Crippen LogP contribution in [0.25, 0.3) is 11.0 Å². The van der Waals surface area contributed by atoms with Crippen LogP contribution < -0.4 is 10.6 Å². The molecule has 0 atom stereocenters. The topological polar surface area (TPSA) is 65.1 Å². The minimum absolute atomic E-state index is 0.244. The van der Waals surface area contributed by atoms with E-state index in [1.165, 1.54) is 6.07 Å². The number of aliphatic imine (C=N–C) groups is 1. The van der Waals surface area contributed by atoms with Crippen LogP contribution in [0.1, 0.15) is 17.0 Å². The molecule has 0 saturated heterocycles. The molecule has 1 heterocycles. The molecule has 0 aliphatic rings. The Hall–Kier alpha value is -3.03. The molecule has 3 aromatic rings. The van der Waals surface area contributed by atoms with Gasteiger partial charge in [0.1, 0.15) is 5.82 Å². The van der Waals surface area contributed by atoms with Gasteiger partial charge in [-0.05, 0) is 29.8 Å². The van der Waals surface area contributed by atoms with E-state index in [-0.39, 0.29) is 6.54 Å². The smallest absolute Gasteiger partial charge is 0.356 e. The van der Waals surface area contributed by atoms with Crippen LogP contribution in [0.2, 0.25) is 0 Å². The van der Waals surface area contributed by atoms with Crippen LogP contribution in [0.4, 0.5) is 13.2 Å². The van der Waals surface area contributed by atoms with Crippen LogP contribution in [0.15, 0.2) is 53.5 Å². The number of imidazole rings is 1. The predicted octanol–water partition coefficient (Wildman–Crippen LogP) is 3.49. The van der Waals surface area contributed by atoms with Crippen molar-refractivity contribution in [2.24, 2.45) is 4.99 Å². The SMILES string of the molecule is CN=C(NCCc1nc2ccccc2[nH]1)NCc1cccc(C(F)(F)F)c1. The molecule has 2 aromatic carbocycles. The molecule has 3 rings (SSSR count). The normalized spacial score (nSPS) is 12.4. The first-order valence-corrected chi connectivity index (χ1v) is 8.50. The van der Waals surface area contributed by atoms with Gasteiger partial charge in [-0.3, -0.25) is 4.99 Å². The van der Waals surface area contributed by atoms with Gasteiger partial charge in [-0.2, -0.15) is 13.2 Å². The molecule has 0 aliphatic heterocycles. The lowest BCUT2D eigenvalue weighted by atomic mass is 10.1. The van der Waals surface area contributed by atoms with Crippen molar-refractivity contribution >= 4 is 17.0 Å². The lowest BCUT2D eigenvalue weighted by Crippen LogP contribution is -2.38. The zero-order chi connectivity index (χ0) is 19.3. The van der Waals surface area contributed by atoms with Gasteiger partial charge in [0.2, 0.25) is 0 Å². The third kappa shape index (κ3) is 4.99. The van der Waals surface area contributed by atoms with Crippen molar-refractivity contribution in [2.45, 2.75) is 19.1 Å². The summed E-state index contributed by atoms with van der Waals surface area (Å²) in [7, 11) is 1.61. The van der Waals surface area contributed by atoms with Gasteiger partial charge in [-0.1, -0.05) is 24.3 Å². The number of para-hydroxylation sites is 2. The highest BCUT2D eigenvalue weighted by Crippen LogP contribution is 2.29. The average molecular weight is 375 g/mol. The van der Waals surface area contributed by atoms with Gasteiger partial charge in [-0.25, -0.2) is 4.98 Å². The molecule has 27 heavy (non-hydrogen) atoms. The van der Waals surface area contributed by atoms with Crippen LogP contribution in [0.3, 0.4) is 0 Å². The van der Waals surface area contributed by atoms with Crippen molar-refractivity contribution in [2.75, 3.05) is 13.6 Å². The highest BCUT2D eigenvalue weighted by atomic mass is 19.4. The van der Waals surface area contributed by atoms with Gasteiger partial charge < -0.3 is 15.6 Å². The van der Waals surface area contributed by atoms with Gasteiger partial charge in [0.25, 0.3) is 0 Å². The standard InChI is InChI=1S/C19H20F3N5/c1-23-18(25-12-13-5-4-6-14(11-13)19(20,21)22)24-10-9-17-26-15-7-2-3-8-16(15)27-17/h2-8,11H,9-10,12H2,1H3,(H,26,27)(H2,23,24,25). The molecule has 0 spiro atoms. The van der Waals surface area contributed by atoms with Crippen molar-refractivity contribution < 1.29 is 13.2 Å². The lowest BCUT2D eigenvalue weighted by molar-refractivity contribution is -0.137. The van der Waals surface area contributed by atoms with Crippen LogP contribution in [0, 0.1) is 0 Å². The number of guanidine groups is 1. The summed E-state index contributed by atoms with van der Waals surface area (Å²) in [6, 6.07) is 13.0. The number of nitrogens with zero attached hydrogens (tertiary/aromatic N) is 2. The summed E-state index contributed by atoms with van der Waals surface area (Å²) in [6.45, 7) is 0.830. The number of halogens is 3. The first kappa shape index (κ1) is 18.8. The van der Waals surface area contributed by atoms with Gasteiger partial charge in [0, 0.05) is 26.6 Å². The van der Waals surface area contributed by atoms with Crippen molar-refractivity contribution in [1.29, 1.82) is 0 Å². The van der Waals surface area contributed by atoms with Crippen molar-refractivity contribution in [1.82, 2.24) is 20.6 Å². The maximum Gasteiger partial charge on any atom is 0.416 e. The number of nitrogens with one attached hydrogen (secondary N) is 3. The average Bonchev–Trinajstić information content (AvgIpc) is 3.07. The largest absolute Gasteiger partial charge is 0.416 e. The Morgan fingerprint density at radius 2 is 1.93 bits per heavy atom. The first-order valence-electron chi connectivity index (χ1n) is 8.50. The molecule has 0 fully saturated rings. The molecule has 0 bridgehead atoms. The van der Waals surface area contributed by atoms with E-state index in [0.29, 0.717) is 24.5 Å². The minimum atomic E-state index is -4.34. The van der Waals surface area contributed by atoms with Gasteiger partial charge in [-0.15, -0.1) is 0 Å². The number of hydrogen-bond acceptors (Lipinski definition) is 2. The second kappa shape index (κ2) is 8.11. The second-order valence-electron chi connectivity index (χ2n) is 6.00. The molecule has 0 aliphatic carbocycles. The molecule has 0 amide bonds. The Labute approximate surface area is 154 Å². The Morgan fingerprint density at radius 3 is 2.67 bits per heavy atom. The fraction of sp³-hybridized carbons (Fsp3) is 0.263. The number of hydrogen-bond donors (Lipinski definition) is 3. The summed E-state index contributed by atoms with van der Waals surface area (Å²) in [5.74, 6) is 1.38. The number of rotatable bonds is 5. The van der Waals surface area contributed by atoms with E-state index in [1.807, 2.05) is 24.3 Å². The van der Waals surface area contributed by atoms with E-state index >= 15 is 0 Å². The van der Waals surface area contributed by atoms with Gasteiger partial charge in [0.15, 0.2) is 5.96 Å². The van der Waals surface area contributed by atoms with E-state index in [2.05, 4.69) is 25.6 Å². The number of benzene rings is 2. The number of alkyl halides is 3. The zero-order valence-electron chi connectivity index (χ0n) is 14.8. The highest BCUT2D eigenvalue weighted by molar-refractivity contribution is 5.79. The zero-order valence-corrected chi connectivity index (χ0v) is 14.8. The summed E-state index contributed by atoms with van der Waals surface area (Å²) in [5, 5.41) is 6.15. The number of fused-ring (bicyclic) bond motifs is 1. The van der Waals surface area contributed by atoms with Crippen LogP contribution >= 0.6 is 0 Å². The molecule has 3 N–H and O–H groups in total. The Balaban J connectivity index is 1.51. The molecular formula is C19H20F3N5. The van der Waals surface area contributed by atoms with Crippen LogP contribution in [-0.4, -0.2) is 29.5 Å². The Bertz CT molecular complexity index is 897. The summed E-state index contributed by atoms with van der Waals surface area (Å²) < 4.78 is 38.3. The maximum absolute atomic E-state index is 12.8. The lowest BCUT2D eigenvalue weighted by Gasteiger charge is -2.13. The summed E-state index contributed by atoms with van der Waals surface area (Å²) >= 11 is 0. The van der Waals surface area contributed by atoms with Crippen molar-refractivity contribution in [3.8, 4) is 0 Å². The number of aromatic amines is 1. The van der Waals surface area contributed by atoms with Gasteiger partial charge in [0.05, 0.1) is 16.6 Å². The molecule has 0 saturated carbocycles. The highest BCUT2D eigenvalue weighted by Gasteiger charge is 2.30. The molecule has 142 valence electrons. The molecule has 0 unspecified atom stereocenters. The fourth-order valence-electron chi connectivity index (χ4n) is 2.69. The van der Waals surface area contributed by atoms with Crippen molar-refractivity contribution in [3.63, 3.8) is 0 Å². The third-order valence-corrected chi connectivity index (χ3v) is 4.03. The van der Waals surface area contributed by atoms with Gasteiger partial charge >= 0.3 is 6.18 Å². The molecule has 5 nitrogen and oxygen atoms in total. The molecular weight excluding hydrogens is 355 g/mol. The van der Waals surface area contributed by atoms with E-state index in [1.54, 1.807) is 13.1 Å². The predicted molar refractivity (Wildman–Crippen MR) is 99.4 cm³/mol. The maximum atomic E-state index is 12.8. The number of aromatic nitrogens is 2. The van der Waals surface area contributed by atoms with Crippen LogP contribution in [-0.2, 0) is 19.1 Å². The quantitative estimate of drug-likeness (QED) is 0.472. The van der Waals surface area contributed by atoms with Crippen LogP contribution in [0.5, 0.6) is 0 Å². The van der Waals surface area contributed by atoms with E-state index in [9.17, 15) is 13.2 Å². The summed E-state index contributed by atoms with van der Waals surface area (Å²) in [6.07, 6.45) is -3.68. The first-order chi connectivity index (χ1) is 13.0. The van der Waals surface area contributed by atoms with E-state index in [0.717, 1.165) is 29.0 Å². The summed E-state index contributed by atoms with van der Waals surface area (Å²) in [4.78, 5) is 11.8. The number of H-pyrrole nitrogens is 1. The van der Waals surface area contributed by atoms with E-state index < -0.39 is 11.7 Å². The summed E-state index contributed by atoms with van der Waals surface area (Å²) in [5.41, 5.74) is 1.78. The molecule has 1 aromatic heterocycles. The van der Waals surface area contributed by atoms with E-state index in [4.69, 9.17) is 0 Å². The molecule has 0 radical (unpaired) electrons. The van der Waals surface area contributed by atoms with Crippen molar-refractivity contribution in [3.05, 3.63) is 65.5 Å².